The largest absolute Gasteiger partial charge is 0.307 e. The lowest BCUT2D eigenvalue weighted by Gasteiger charge is -2.26. The minimum absolute atomic E-state index is 0.489. The van der Waals surface area contributed by atoms with Crippen LogP contribution >= 0.6 is 0 Å². The van der Waals surface area contributed by atoms with Gasteiger partial charge in [0, 0.05) is 18.0 Å². The second kappa shape index (κ2) is 4.32. The molecule has 1 nitrogen and oxygen atoms in total. The maximum absolute atomic E-state index is 3.72. The fourth-order valence-electron chi connectivity index (χ4n) is 4.52. The lowest BCUT2D eigenvalue weighted by molar-refractivity contribution is 0.536. The van der Waals surface area contributed by atoms with Crippen LogP contribution in [-0.4, -0.2) is 12.1 Å². The van der Waals surface area contributed by atoms with E-state index in [1.165, 1.54) is 41.5 Å². The molecule has 1 fully saturated rings. The summed E-state index contributed by atoms with van der Waals surface area (Å²) in [4.78, 5) is 0. The summed E-state index contributed by atoms with van der Waals surface area (Å²) in [6.45, 7) is 0. The van der Waals surface area contributed by atoms with Crippen LogP contribution in [0.5, 0.6) is 0 Å². The second-order valence-electron chi connectivity index (χ2n) is 6.60. The van der Waals surface area contributed by atoms with E-state index in [1.54, 1.807) is 5.57 Å². The minimum Gasteiger partial charge on any atom is -0.307 e. The Hall–Kier alpha value is -1.86. The van der Waals surface area contributed by atoms with Crippen molar-refractivity contribution in [3.8, 4) is 11.1 Å². The predicted octanol–water partition coefficient (Wildman–Crippen LogP) is 4.25. The first kappa shape index (κ1) is 11.8. The number of benzene rings is 2. The zero-order chi connectivity index (χ0) is 13.8. The van der Waals surface area contributed by atoms with Crippen molar-refractivity contribution >= 4 is 0 Å². The van der Waals surface area contributed by atoms with Gasteiger partial charge in [0.1, 0.15) is 0 Å². The first-order valence-electron chi connectivity index (χ1n) is 8.05. The number of rotatable bonds is 1. The zero-order valence-electron chi connectivity index (χ0n) is 12.0. The average Bonchev–Trinajstić information content (AvgIpc) is 3.04. The standard InChI is InChI=1S/C20H19N/c1-3-7-18-16(5-1)17-6-2-4-8-19(17)20(18)13-11-14-9-10-15(12-13)21-14/h1-8,11,14-15,20-21H,9-10,12H2. The molecule has 3 aliphatic rings. The number of hydrogen-bond donors (Lipinski definition) is 1. The molecule has 2 aromatic rings. The Morgan fingerprint density at radius 1 is 0.810 bits per heavy atom. The molecule has 0 amide bonds. The number of nitrogens with one attached hydrogen (secondary N) is 1. The maximum Gasteiger partial charge on any atom is 0.0312 e. The van der Waals surface area contributed by atoms with Crippen LogP contribution in [-0.2, 0) is 0 Å². The van der Waals surface area contributed by atoms with Crippen LogP contribution in [0.2, 0.25) is 0 Å². The molecule has 1 N–H and O–H groups in total. The quantitative estimate of drug-likeness (QED) is 0.766. The maximum atomic E-state index is 3.72. The summed E-state index contributed by atoms with van der Waals surface area (Å²) in [5, 5.41) is 3.72. The molecule has 1 saturated heterocycles. The molecule has 0 spiro atoms. The van der Waals surface area contributed by atoms with Crippen LogP contribution in [0.3, 0.4) is 0 Å². The van der Waals surface area contributed by atoms with E-state index in [0.717, 1.165) is 0 Å². The van der Waals surface area contributed by atoms with E-state index in [2.05, 4.69) is 59.9 Å². The molecule has 2 atom stereocenters. The van der Waals surface area contributed by atoms with E-state index < -0.39 is 0 Å². The molecule has 104 valence electrons. The van der Waals surface area contributed by atoms with Crippen LogP contribution in [0.1, 0.15) is 36.3 Å². The van der Waals surface area contributed by atoms with Crippen LogP contribution < -0.4 is 5.32 Å². The molecule has 0 saturated carbocycles. The Balaban J connectivity index is 1.70. The summed E-state index contributed by atoms with van der Waals surface area (Å²) < 4.78 is 0. The van der Waals surface area contributed by atoms with Crippen molar-refractivity contribution in [2.45, 2.75) is 37.3 Å². The van der Waals surface area contributed by atoms with Gasteiger partial charge in [-0.25, -0.2) is 0 Å². The summed E-state index contributed by atoms with van der Waals surface area (Å²) in [6.07, 6.45) is 6.38. The monoisotopic (exact) mass is 273 g/mol. The van der Waals surface area contributed by atoms with Gasteiger partial charge in [-0.3, -0.25) is 0 Å². The summed E-state index contributed by atoms with van der Waals surface area (Å²) in [5.41, 5.74) is 7.52. The number of fused-ring (bicyclic) bond motifs is 5. The lowest BCUT2D eigenvalue weighted by Crippen LogP contribution is -2.33. The third-order valence-electron chi connectivity index (χ3n) is 5.38. The van der Waals surface area contributed by atoms with E-state index >= 15 is 0 Å². The minimum atomic E-state index is 0.489. The van der Waals surface area contributed by atoms with Crippen LogP contribution in [0.4, 0.5) is 0 Å². The van der Waals surface area contributed by atoms with Gasteiger partial charge < -0.3 is 5.32 Å². The molecule has 0 radical (unpaired) electrons. The van der Waals surface area contributed by atoms with Crippen LogP contribution in [0.15, 0.2) is 60.2 Å². The fourth-order valence-corrected chi connectivity index (χ4v) is 4.52. The third kappa shape index (κ3) is 1.67. The van der Waals surface area contributed by atoms with Crippen molar-refractivity contribution in [1.82, 2.24) is 5.32 Å². The van der Waals surface area contributed by atoms with Crippen molar-refractivity contribution in [2.75, 3.05) is 0 Å². The van der Waals surface area contributed by atoms with Gasteiger partial charge in [-0.05, 0) is 41.5 Å². The van der Waals surface area contributed by atoms with Gasteiger partial charge in [0.2, 0.25) is 0 Å². The Morgan fingerprint density at radius 2 is 1.48 bits per heavy atom. The molecule has 1 heteroatoms. The van der Waals surface area contributed by atoms with E-state index in [1.807, 2.05) is 0 Å². The third-order valence-corrected chi connectivity index (χ3v) is 5.38. The highest BCUT2D eigenvalue weighted by Crippen LogP contribution is 2.50. The van der Waals surface area contributed by atoms with Crippen molar-refractivity contribution in [3.63, 3.8) is 0 Å². The van der Waals surface area contributed by atoms with Crippen molar-refractivity contribution < 1.29 is 0 Å². The molecule has 2 aromatic carbocycles. The van der Waals surface area contributed by atoms with Gasteiger partial charge in [0.25, 0.3) is 0 Å². The first-order valence-corrected chi connectivity index (χ1v) is 8.05. The topological polar surface area (TPSA) is 12.0 Å². The molecular formula is C20H19N. The average molecular weight is 273 g/mol. The molecule has 1 aliphatic carbocycles. The van der Waals surface area contributed by atoms with Crippen molar-refractivity contribution in [2.24, 2.45) is 0 Å². The zero-order valence-corrected chi connectivity index (χ0v) is 12.0. The highest BCUT2D eigenvalue weighted by molar-refractivity contribution is 5.80. The molecule has 2 aliphatic heterocycles. The Morgan fingerprint density at radius 3 is 2.14 bits per heavy atom. The Kier molecular flexibility index (Phi) is 2.42. The first-order chi connectivity index (χ1) is 10.4. The van der Waals surface area contributed by atoms with Crippen LogP contribution in [0, 0.1) is 0 Å². The molecule has 2 heterocycles. The normalized spacial score (nSPS) is 26.4. The number of hydrogen-bond acceptors (Lipinski definition) is 1. The molecule has 2 unspecified atom stereocenters. The van der Waals surface area contributed by atoms with Gasteiger partial charge in [0.05, 0.1) is 0 Å². The van der Waals surface area contributed by atoms with Gasteiger partial charge in [0.15, 0.2) is 0 Å². The van der Waals surface area contributed by atoms with Crippen molar-refractivity contribution in [1.29, 1.82) is 0 Å². The summed E-state index contributed by atoms with van der Waals surface area (Å²) in [7, 11) is 0. The molecule has 21 heavy (non-hydrogen) atoms. The molecule has 0 aromatic heterocycles. The molecule has 5 rings (SSSR count). The van der Waals surface area contributed by atoms with E-state index in [0.29, 0.717) is 18.0 Å². The lowest BCUT2D eigenvalue weighted by atomic mass is 9.84. The van der Waals surface area contributed by atoms with E-state index in [9.17, 15) is 0 Å². The predicted molar refractivity (Wildman–Crippen MR) is 86.4 cm³/mol. The second-order valence-corrected chi connectivity index (χ2v) is 6.60. The summed E-state index contributed by atoms with van der Waals surface area (Å²) in [5.74, 6) is 0.489. The van der Waals surface area contributed by atoms with Gasteiger partial charge in [-0.1, -0.05) is 60.2 Å². The van der Waals surface area contributed by atoms with E-state index in [4.69, 9.17) is 0 Å². The van der Waals surface area contributed by atoms with Crippen molar-refractivity contribution in [3.05, 3.63) is 71.3 Å². The molecular weight excluding hydrogens is 254 g/mol. The summed E-state index contributed by atoms with van der Waals surface area (Å²) in [6, 6.07) is 19.2. The Labute approximate surface area is 125 Å². The molecule has 2 bridgehead atoms. The fraction of sp³-hybridized carbons (Fsp3) is 0.300. The van der Waals surface area contributed by atoms with Crippen LogP contribution in [0.25, 0.3) is 11.1 Å². The highest BCUT2D eigenvalue weighted by Gasteiger charge is 2.36. The smallest absolute Gasteiger partial charge is 0.0312 e. The van der Waals surface area contributed by atoms with Gasteiger partial charge in [-0.2, -0.15) is 0 Å². The summed E-state index contributed by atoms with van der Waals surface area (Å²) >= 11 is 0. The van der Waals surface area contributed by atoms with Gasteiger partial charge in [-0.15, -0.1) is 0 Å². The SMILES string of the molecule is C1=C(C2c3ccccc3-c3ccccc32)CC2CCC1N2. The van der Waals surface area contributed by atoms with E-state index in [-0.39, 0.29) is 0 Å². The van der Waals surface area contributed by atoms with Gasteiger partial charge >= 0.3 is 0 Å². The highest BCUT2D eigenvalue weighted by atomic mass is 15.0. The Bertz CT molecular complexity index is 698.